The van der Waals surface area contributed by atoms with E-state index in [0.29, 0.717) is 0 Å². The number of fused-ring (bicyclic) bond motifs is 6. The molecule has 0 unspecified atom stereocenters. The molecule has 0 aliphatic carbocycles. The van der Waals surface area contributed by atoms with Gasteiger partial charge >= 0.3 is 0 Å². The van der Waals surface area contributed by atoms with Crippen LogP contribution in [0, 0.1) is 0 Å². The largest absolute Gasteiger partial charge is 0.454 e. The van der Waals surface area contributed by atoms with Gasteiger partial charge in [0.1, 0.15) is 11.1 Å². The average molecular weight is 578 g/mol. The van der Waals surface area contributed by atoms with Crippen molar-refractivity contribution in [2.75, 3.05) is 4.90 Å². The maximum atomic E-state index is 6.10. The zero-order valence-electron chi connectivity index (χ0n) is 24.3. The summed E-state index contributed by atoms with van der Waals surface area (Å²) in [6, 6.07) is 55.5. The first-order chi connectivity index (χ1) is 22.3. The van der Waals surface area contributed by atoms with Crippen LogP contribution in [0.4, 0.5) is 17.1 Å². The molecular formula is C41H27N3O. The van der Waals surface area contributed by atoms with Gasteiger partial charge in [-0.1, -0.05) is 78.9 Å². The second-order valence-electron chi connectivity index (χ2n) is 11.2. The number of benzene rings is 6. The molecule has 0 fully saturated rings. The minimum Gasteiger partial charge on any atom is -0.454 e. The fourth-order valence-electron chi connectivity index (χ4n) is 6.65. The molecule has 0 spiro atoms. The lowest BCUT2D eigenvalue weighted by Gasteiger charge is -2.26. The molecule has 0 saturated heterocycles. The van der Waals surface area contributed by atoms with Crippen molar-refractivity contribution < 1.29 is 4.42 Å². The van der Waals surface area contributed by atoms with E-state index in [1.807, 2.05) is 30.5 Å². The fourth-order valence-corrected chi connectivity index (χ4v) is 6.65. The molecule has 4 heteroatoms. The van der Waals surface area contributed by atoms with Crippen molar-refractivity contribution in [2.45, 2.75) is 0 Å². The van der Waals surface area contributed by atoms with Crippen LogP contribution in [0.15, 0.2) is 168 Å². The first-order valence-electron chi connectivity index (χ1n) is 15.1. The number of nitrogens with zero attached hydrogens (tertiary/aromatic N) is 3. The summed E-state index contributed by atoms with van der Waals surface area (Å²) in [7, 11) is 0. The van der Waals surface area contributed by atoms with E-state index in [0.717, 1.165) is 55.9 Å². The molecule has 0 saturated carbocycles. The smallest absolute Gasteiger partial charge is 0.153 e. The zero-order valence-corrected chi connectivity index (χ0v) is 24.3. The highest BCUT2D eigenvalue weighted by molar-refractivity contribution is 6.11. The molecular weight excluding hydrogens is 550 g/mol. The molecule has 0 radical (unpaired) electrons. The second kappa shape index (κ2) is 10.2. The molecule has 3 heterocycles. The van der Waals surface area contributed by atoms with Crippen molar-refractivity contribution in [3.8, 4) is 16.8 Å². The van der Waals surface area contributed by atoms with Crippen molar-refractivity contribution in [1.82, 2.24) is 9.55 Å². The van der Waals surface area contributed by atoms with Gasteiger partial charge in [0.25, 0.3) is 0 Å². The molecule has 0 atom stereocenters. The minimum atomic E-state index is 0.802. The summed E-state index contributed by atoms with van der Waals surface area (Å²) in [6.45, 7) is 0. The Morgan fingerprint density at radius 3 is 1.80 bits per heavy atom. The van der Waals surface area contributed by atoms with E-state index in [-0.39, 0.29) is 0 Å². The lowest BCUT2D eigenvalue weighted by molar-refractivity contribution is 0.668. The number of pyridine rings is 1. The Bertz CT molecular complexity index is 2420. The summed E-state index contributed by atoms with van der Waals surface area (Å²) in [5.74, 6) is 0. The number of hydrogen-bond donors (Lipinski definition) is 0. The quantitative estimate of drug-likeness (QED) is 0.204. The number of hydrogen-bond acceptors (Lipinski definition) is 3. The third kappa shape index (κ3) is 4.11. The van der Waals surface area contributed by atoms with Gasteiger partial charge in [-0.2, -0.15) is 0 Å². The molecule has 0 aliphatic rings. The summed E-state index contributed by atoms with van der Waals surface area (Å²) in [5, 5.41) is 3.57. The highest BCUT2D eigenvalue weighted by Crippen LogP contribution is 2.39. The van der Waals surface area contributed by atoms with E-state index < -0.39 is 0 Å². The van der Waals surface area contributed by atoms with Crippen molar-refractivity contribution in [3.63, 3.8) is 0 Å². The van der Waals surface area contributed by atoms with Gasteiger partial charge < -0.3 is 13.9 Å². The molecule has 0 aliphatic heterocycles. The predicted molar refractivity (Wildman–Crippen MR) is 186 cm³/mol. The molecule has 212 valence electrons. The maximum absolute atomic E-state index is 6.10. The van der Waals surface area contributed by atoms with E-state index in [9.17, 15) is 0 Å². The number of furan rings is 1. The number of anilines is 3. The van der Waals surface area contributed by atoms with Crippen LogP contribution in [0.1, 0.15) is 0 Å². The maximum Gasteiger partial charge on any atom is 0.153 e. The van der Waals surface area contributed by atoms with E-state index in [1.165, 1.54) is 21.8 Å². The van der Waals surface area contributed by atoms with Crippen LogP contribution in [0.3, 0.4) is 0 Å². The molecule has 0 N–H and O–H groups in total. The first-order valence-corrected chi connectivity index (χ1v) is 15.1. The molecule has 0 bridgehead atoms. The standard InChI is InChI=1S/C41H27N3O/c1-2-10-29(11-3-1)43(30-21-19-28(20-22-30)33-14-8-17-38-40(33)41-39(45-38)18-9-27-42-41)31-23-25-32(26-24-31)44-36-15-6-4-12-34(36)35-13-5-7-16-37(35)44/h1-27H. The van der Waals surface area contributed by atoms with Gasteiger partial charge in [0.2, 0.25) is 0 Å². The van der Waals surface area contributed by atoms with Gasteiger partial charge in [-0.25, -0.2) is 0 Å². The molecule has 9 rings (SSSR count). The molecule has 45 heavy (non-hydrogen) atoms. The van der Waals surface area contributed by atoms with Crippen LogP contribution in [-0.4, -0.2) is 9.55 Å². The van der Waals surface area contributed by atoms with Crippen LogP contribution in [0.5, 0.6) is 0 Å². The van der Waals surface area contributed by atoms with Crippen molar-refractivity contribution in [2.24, 2.45) is 0 Å². The average Bonchev–Trinajstić information content (AvgIpc) is 3.66. The van der Waals surface area contributed by atoms with Gasteiger partial charge in [0.15, 0.2) is 5.58 Å². The molecule has 0 amide bonds. The lowest BCUT2D eigenvalue weighted by atomic mass is 10.0. The van der Waals surface area contributed by atoms with Crippen LogP contribution in [0.2, 0.25) is 0 Å². The number of aromatic nitrogens is 2. The predicted octanol–water partition coefficient (Wildman–Crippen LogP) is 11.2. The van der Waals surface area contributed by atoms with E-state index in [2.05, 4.69) is 148 Å². The van der Waals surface area contributed by atoms with Gasteiger partial charge in [-0.3, -0.25) is 4.98 Å². The van der Waals surface area contributed by atoms with E-state index in [1.54, 1.807) is 0 Å². The third-order valence-electron chi connectivity index (χ3n) is 8.65. The highest BCUT2D eigenvalue weighted by atomic mass is 16.3. The Hall–Kier alpha value is -6.13. The first kappa shape index (κ1) is 25.4. The van der Waals surface area contributed by atoms with Crippen LogP contribution in [-0.2, 0) is 0 Å². The SMILES string of the molecule is c1ccc(N(c2ccc(-c3cccc4oc5cccnc5c34)cc2)c2ccc(-n3c4ccccc4c4ccccc43)cc2)cc1. The number of rotatable bonds is 5. The molecule has 4 nitrogen and oxygen atoms in total. The molecule has 6 aromatic carbocycles. The van der Waals surface area contributed by atoms with Crippen LogP contribution in [0.25, 0.3) is 60.7 Å². The van der Waals surface area contributed by atoms with Gasteiger partial charge in [-0.05, 0) is 90.0 Å². The fraction of sp³-hybridized carbons (Fsp3) is 0. The second-order valence-corrected chi connectivity index (χ2v) is 11.2. The van der Waals surface area contributed by atoms with E-state index in [4.69, 9.17) is 4.42 Å². The van der Waals surface area contributed by atoms with Crippen LogP contribution >= 0.6 is 0 Å². The van der Waals surface area contributed by atoms with Gasteiger partial charge in [0.05, 0.1) is 16.4 Å². The minimum absolute atomic E-state index is 0.802. The number of para-hydroxylation sites is 3. The Morgan fingerprint density at radius 2 is 1.09 bits per heavy atom. The molecule has 3 aromatic heterocycles. The van der Waals surface area contributed by atoms with Crippen molar-refractivity contribution in [1.29, 1.82) is 0 Å². The summed E-state index contributed by atoms with van der Waals surface area (Å²) < 4.78 is 8.46. The Morgan fingerprint density at radius 1 is 0.489 bits per heavy atom. The normalized spacial score (nSPS) is 11.6. The van der Waals surface area contributed by atoms with Gasteiger partial charge in [0, 0.05) is 39.7 Å². The van der Waals surface area contributed by atoms with E-state index >= 15 is 0 Å². The summed E-state index contributed by atoms with van der Waals surface area (Å²) in [6.07, 6.45) is 1.82. The molecule has 9 aromatic rings. The lowest BCUT2D eigenvalue weighted by Crippen LogP contribution is -2.10. The van der Waals surface area contributed by atoms with Crippen molar-refractivity contribution in [3.05, 3.63) is 164 Å². The summed E-state index contributed by atoms with van der Waals surface area (Å²) in [4.78, 5) is 6.94. The topological polar surface area (TPSA) is 34.2 Å². The Kier molecular flexibility index (Phi) is 5.78. The third-order valence-corrected chi connectivity index (χ3v) is 8.65. The van der Waals surface area contributed by atoms with Crippen LogP contribution < -0.4 is 4.90 Å². The highest BCUT2D eigenvalue weighted by Gasteiger charge is 2.17. The zero-order chi connectivity index (χ0) is 29.7. The Balaban J connectivity index is 1.14. The summed E-state index contributed by atoms with van der Waals surface area (Å²) >= 11 is 0. The van der Waals surface area contributed by atoms with Gasteiger partial charge in [-0.15, -0.1) is 0 Å². The van der Waals surface area contributed by atoms with Crippen molar-refractivity contribution >= 4 is 60.9 Å². The summed E-state index contributed by atoms with van der Waals surface area (Å²) in [5.41, 5.74) is 11.6. The monoisotopic (exact) mass is 577 g/mol. The Labute approximate surface area is 260 Å².